The van der Waals surface area contributed by atoms with E-state index in [1.165, 1.54) is 6.92 Å². The summed E-state index contributed by atoms with van der Waals surface area (Å²) in [4.78, 5) is 0.0215. The maximum absolute atomic E-state index is 12.4. The van der Waals surface area contributed by atoms with E-state index >= 15 is 0 Å². The summed E-state index contributed by atoms with van der Waals surface area (Å²) in [6.07, 6.45) is 0.978. The number of nitrogens with zero attached hydrogens (tertiary/aromatic N) is 2. The molecule has 0 spiro atoms. The summed E-state index contributed by atoms with van der Waals surface area (Å²) in [5.41, 5.74) is 1.98. The van der Waals surface area contributed by atoms with Crippen LogP contribution in [-0.2, 0) is 17.1 Å². The number of nitrogens with one attached hydrogen (secondary N) is 1. The molecule has 0 bridgehead atoms. The number of rotatable bonds is 5. The molecule has 0 amide bonds. The third-order valence-electron chi connectivity index (χ3n) is 4.00. The lowest BCUT2D eigenvalue weighted by Crippen LogP contribution is -2.29. The molecule has 128 valence electrons. The topological polar surface area (TPSA) is 97.4 Å². The Morgan fingerprint density at radius 1 is 1.33 bits per heavy atom. The van der Waals surface area contributed by atoms with Crippen LogP contribution >= 0.6 is 0 Å². The Balaban J connectivity index is 1.78. The fourth-order valence-electron chi connectivity index (χ4n) is 2.74. The average Bonchev–Trinajstić information content (AvgIpc) is 3.08. The maximum Gasteiger partial charge on any atom is 0.246 e. The smallest absolute Gasteiger partial charge is 0.246 e. The molecule has 3 aromatic rings. The van der Waals surface area contributed by atoms with Gasteiger partial charge >= 0.3 is 0 Å². The zero-order valence-electron chi connectivity index (χ0n) is 13.6. The zero-order valence-corrected chi connectivity index (χ0v) is 14.5. The standard InChI is InChI=1S/C16H19N3O4S/c1-10-16(11(2)23-18-10)24(21,22)17-9-15(20)13-4-5-14-12(8-13)6-7-19(14)3/h4-8,15,17,20H,9H2,1-3H3. The third kappa shape index (κ3) is 2.95. The highest BCUT2D eigenvalue weighted by atomic mass is 32.2. The van der Waals surface area contributed by atoms with Crippen molar-refractivity contribution in [2.24, 2.45) is 7.05 Å². The number of aryl methyl sites for hydroxylation is 3. The van der Waals surface area contributed by atoms with E-state index in [0.717, 1.165) is 10.9 Å². The Morgan fingerprint density at radius 3 is 2.75 bits per heavy atom. The fraction of sp³-hybridized carbons (Fsp3) is 0.312. The quantitative estimate of drug-likeness (QED) is 0.732. The van der Waals surface area contributed by atoms with Crippen molar-refractivity contribution in [3.05, 3.63) is 47.5 Å². The van der Waals surface area contributed by atoms with Crippen LogP contribution in [0.25, 0.3) is 10.9 Å². The molecule has 2 N–H and O–H groups in total. The van der Waals surface area contributed by atoms with E-state index in [1.807, 2.05) is 36.0 Å². The summed E-state index contributed by atoms with van der Waals surface area (Å²) >= 11 is 0. The van der Waals surface area contributed by atoms with E-state index in [2.05, 4.69) is 9.88 Å². The van der Waals surface area contributed by atoms with Crippen molar-refractivity contribution in [2.75, 3.05) is 6.54 Å². The van der Waals surface area contributed by atoms with Crippen molar-refractivity contribution in [1.82, 2.24) is 14.4 Å². The largest absolute Gasteiger partial charge is 0.387 e. The van der Waals surface area contributed by atoms with Gasteiger partial charge in [0.1, 0.15) is 10.6 Å². The molecule has 0 radical (unpaired) electrons. The number of fused-ring (bicyclic) bond motifs is 1. The summed E-state index contributed by atoms with van der Waals surface area (Å²) < 4.78 is 34.0. The predicted octanol–water partition coefficient (Wildman–Crippen LogP) is 1.80. The molecule has 0 saturated heterocycles. The summed E-state index contributed by atoms with van der Waals surface area (Å²) in [6, 6.07) is 7.48. The van der Waals surface area contributed by atoms with Gasteiger partial charge in [0.2, 0.25) is 10.0 Å². The molecule has 3 rings (SSSR count). The Hall–Kier alpha value is -2.16. The Bertz CT molecular complexity index is 969. The van der Waals surface area contributed by atoms with Gasteiger partial charge in [-0.3, -0.25) is 0 Å². The normalized spacial score (nSPS) is 13.5. The highest BCUT2D eigenvalue weighted by molar-refractivity contribution is 7.89. The first-order chi connectivity index (χ1) is 11.3. The number of aliphatic hydroxyl groups is 1. The minimum absolute atomic E-state index is 0.0215. The van der Waals surface area contributed by atoms with Crippen molar-refractivity contribution in [2.45, 2.75) is 24.8 Å². The van der Waals surface area contributed by atoms with Crippen molar-refractivity contribution < 1.29 is 18.0 Å². The van der Waals surface area contributed by atoms with Gasteiger partial charge in [-0.1, -0.05) is 11.2 Å². The first-order valence-electron chi connectivity index (χ1n) is 7.45. The molecule has 24 heavy (non-hydrogen) atoms. The molecule has 2 aromatic heterocycles. The highest BCUT2D eigenvalue weighted by Crippen LogP contribution is 2.22. The lowest BCUT2D eigenvalue weighted by Gasteiger charge is -2.13. The minimum atomic E-state index is -3.79. The van der Waals surface area contributed by atoms with Gasteiger partial charge < -0.3 is 14.2 Å². The van der Waals surface area contributed by atoms with E-state index in [4.69, 9.17) is 4.52 Å². The summed E-state index contributed by atoms with van der Waals surface area (Å²) in [7, 11) is -1.85. The Kier molecular flexibility index (Phi) is 4.20. The molecular weight excluding hydrogens is 330 g/mol. The van der Waals surface area contributed by atoms with Gasteiger partial charge in [0.25, 0.3) is 0 Å². The molecule has 2 heterocycles. The molecule has 1 unspecified atom stereocenters. The van der Waals surface area contributed by atoms with E-state index in [-0.39, 0.29) is 17.2 Å². The van der Waals surface area contributed by atoms with Crippen molar-refractivity contribution >= 4 is 20.9 Å². The van der Waals surface area contributed by atoms with Crippen LogP contribution in [0.15, 0.2) is 39.9 Å². The fourth-order valence-corrected chi connectivity index (χ4v) is 4.11. The number of hydrogen-bond acceptors (Lipinski definition) is 5. The van der Waals surface area contributed by atoms with E-state index < -0.39 is 16.1 Å². The van der Waals surface area contributed by atoms with Gasteiger partial charge in [-0.05, 0) is 43.0 Å². The minimum Gasteiger partial charge on any atom is -0.387 e. The first-order valence-corrected chi connectivity index (χ1v) is 8.93. The molecule has 0 aliphatic heterocycles. The van der Waals surface area contributed by atoms with Gasteiger partial charge in [0.05, 0.1) is 6.10 Å². The molecule has 8 heteroatoms. The van der Waals surface area contributed by atoms with Crippen LogP contribution in [0.2, 0.25) is 0 Å². The molecule has 1 aromatic carbocycles. The monoisotopic (exact) mass is 349 g/mol. The van der Waals surface area contributed by atoms with Crippen LogP contribution < -0.4 is 4.72 Å². The van der Waals surface area contributed by atoms with Crippen LogP contribution in [0, 0.1) is 13.8 Å². The number of hydrogen-bond donors (Lipinski definition) is 2. The molecular formula is C16H19N3O4S. The molecule has 0 fully saturated rings. The lowest BCUT2D eigenvalue weighted by atomic mass is 10.1. The van der Waals surface area contributed by atoms with E-state index in [0.29, 0.717) is 11.3 Å². The average molecular weight is 349 g/mol. The molecule has 0 aliphatic carbocycles. The van der Waals surface area contributed by atoms with Gasteiger partial charge in [-0.25, -0.2) is 13.1 Å². The van der Waals surface area contributed by atoms with Crippen LogP contribution in [-0.4, -0.2) is 29.8 Å². The van der Waals surface area contributed by atoms with Crippen LogP contribution in [0.4, 0.5) is 0 Å². The van der Waals surface area contributed by atoms with Gasteiger partial charge in [-0.2, -0.15) is 0 Å². The predicted molar refractivity (Wildman–Crippen MR) is 89.0 cm³/mol. The summed E-state index contributed by atoms with van der Waals surface area (Å²) in [6.45, 7) is 2.96. The number of aliphatic hydroxyl groups excluding tert-OH is 1. The van der Waals surface area contributed by atoms with Crippen LogP contribution in [0.1, 0.15) is 23.1 Å². The second-order valence-corrected chi connectivity index (χ2v) is 7.47. The SMILES string of the molecule is Cc1noc(C)c1S(=O)(=O)NCC(O)c1ccc2c(ccn2C)c1. The maximum atomic E-state index is 12.4. The second kappa shape index (κ2) is 6.04. The number of sulfonamides is 1. The summed E-state index contributed by atoms with van der Waals surface area (Å²) in [5, 5.41) is 14.9. The second-order valence-electron chi connectivity index (χ2n) is 5.77. The molecule has 0 aliphatic rings. The Morgan fingerprint density at radius 2 is 2.08 bits per heavy atom. The van der Waals surface area contributed by atoms with Crippen LogP contribution in [0.5, 0.6) is 0 Å². The molecule has 7 nitrogen and oxygen atoms in total. The van der Waals surface area contributed by atoms with Gasteiger partial charge in [0.15, 0.2) is 5.76 Å². The van der Waals surface area contributed by atoms with Crippen molar-refractivity contribution in [1.29, 1.82) is 0 Å². The van der Waals surface area contributed by atoms with Crippen molar-refractivity contribution in [3.63, 3.8) is 0 Å². The molecule has 1 atom stereocenters. The third-order valence-corrected chi connectivity index (χ3v) is 5.66. The Labute approximate surface area is 139 Å². The lowest BCUT2D eigenvalue weighted by molar-refractivity contribution is 0.182. The van der Waals surface area contributed by atoms with E-state index in [1.54, 1.807) is 13.0 Å². The van der Waals surface area contributed by atoms with E-state index in [9.17, 15) is 13.5 Å². The van der Waals surface area contributed by atoms with Crippen molar-refractivity contribution in [3.8, 4) is 0 Å². The van der Waals surface area contributed by atoms with Gasteiger partial charge in [0, 0.05) is 25.3 Å². The van der Waals surface area contributed by atoms with Crippen LogP contribution in [0.3, 0.4) is 0 Å². The molecule has 0 saturated carbocycles. The first kappa shape index (κ1) is 16.7. The number of aromatic nitrogens is 2. The highest BCUT2D eigenvalue weighted by Gasteiger charge is 2.25. The zero-order chi connectivity index (χ0) is 17.5. The number of benzene rings is 1. The summed E-state index contributed by atoms with van der Waals surface area (Å²) in [5.74, 6) is 0.222. The van der Waals surface area contributed by atoms with Gasteiger partial charge in [-0.15, -0.1) is 0 Å².